The third kappa shape index (κ3) is 3.46. The van der Waals surface area contributed by atoms with Crippen molar-refractivity contribution in [2.24, 2.45) is 0 Å². The van der Waals surface area contributed by atoms with E-state index in [0.717, 1.165) is 16.8 Å². The number of anilines is 1. The summed E-state index contributed by atoms with van der Waals surface area (Å²) < 4.78 is 10.5. The smallest absolute Gasteiger partial charge is 0.140 e. The molecule has 0 saturated heterocycles. The molecule has 1 unspecified atom stereocenters. The van der Waals surface area contributed by atoms with Crippen LogP contribution in [0.15, 0.2) is 42.5 Å². The number of para-hydroxylation sites is 1. The summed E-state index contributed by atoms with van der Waals surface area (Å²) in [4.78, 5) is 0. The van der Waals surface area contributed by atoms with Crippen molar-refractivity contribution in [2.75, 3.05) is 19.5 Å². The second-order valence-electron chi connectivity index (χ2n) is 4.67. The van der Waals surface area contributed by atoms with Gasteiger partial charge in [-0.15, -0.1) is 0 Å². The molecule has 2 rings (SSSR count). The highest BCUT2D eigenvalue weighted by atomic mass is 16.5. The fourth-order valence-electron chi connectivity index (χ4n) is 2.08. The fourth-order valence-corrected chi connectivity index (χ4v) is 2.08. The van der Waals surface area contributed by atoms with Crippen LogP contribution in [0.3, 0.4) is 0 Å². The quantitative estimate of drug-likeness (QED) is 0.908. The molecular weight excluding hydrogens is 264 g/mol. The van der Waals surface area contributed by atoms with Crippen molar-refractivity contribution in [1.29, 1.82) is 5.26 Å². The minimum atomic E-state index is -0.477. The minimum absolute atomic E-state index is 0.477. The highest BCUT2D eigenvalue weighted by molar-refractivity contribution is 5.54. The molecule has 1 atom stereocenters. The molecule has 0 bridgehead atoms. The zero-order valence-corrected chi connectivity index (χ0v) is 12.4. The fraction of sp³-hybridized carbons (Fsp3) is 0.235. The van der Waals surface area contributed by atoms with E-state index in [2.05, 4.69) is 11.4 Å². The first kappa shape index (κ1) is 14.7. The van der Waals surface area contributed by atoms with Crippen LogP contribution in [0.2, 0.25) is 0 Å². The van der Waals surface area contributed by atoms with Crippen LogP contribution in [0.1, 0.15) is 17.2 Å². The molecule has 2 aromatic rings. The van der Waals surface area contributed by atoms with Crippen LogP contribution < -0.4 is 14.8 Å². The lowest BCUT2D eigenvalue weighted by atomic mass is 10.1. The molecule has 0 amide bonds. The van der Waals surface area contributed by atoms with Crippen LogP contribution in [0, 0.1) is 18.3 Å². The second kappa shape index (κ2) is 6.67. The number of nitrogens with zero attached hydrogens (tertiary/aromatic N) is 1. The number of nitriles is 1. The average molecular weight is 282 g/mol. The first-order valence-corrected chi connectivity index (χ1v) is 6.62. The number of ether oxygens (including phenoxy) is 2. The van der Waals surface area contributed by atoms with Gasteiger partial charge in [-0.1, -0.05) is 18.2 Å². The van der Waals surface area contributed by atoms with E-state index in [1.54, 1.807) is 20.3 Å². The van der Waals surface area contributed by atoms with E-state index in [9.17, 15) is 5.26 Å². The van der Waals surface area contributed by atoms with Crippen molar-refractivity contribution in [1.82, 2.24) is 0 Å². The first-order valence-electron chi connectivity index (χ1n) is 6.62. The van der Waals surface area contributed by atoms with E-state index in [1.807, 2.05) is 43.3 Å². The van der Waals surface area contributed by atoms with Gasteiger partial charge in [0.1, 0.15) is 17.5 Å². The van der Waals surface area contributed by atoms with Gasteiger partial charge in [-0.25, -0.2) is 0 Å². The van der Waals surface area contributed by atoms with Gasteiger partial charge in [-0.2, -0.15) is 5.26 Å². The summed E-state index contributed by atoms with van der Waals surface area (Å²) >= 11 is 0. The molecule has 0 heterocycles. The molecule has 0 aliphatic heterocycles. The van der Waals surface area contributed by atoms with E-state index < -0.39 is 6.04 Å². The van der Waals surface area contributed by atoms with Gasteiger partial charge >= 0.3 is 0 Å². The highest BCUT2D eigenvalue weighted by Crippen LogP contribution is 2.28. The lowest BCUT2D eigenvalue weighted by Crippen LogP contribution is -2.09. The van der Waals surface area contributed by atoms with Gasteiger partial charge in [-0.3, -0.25) is 0 Å². The molecule has 2 aromatic carbocycles. The number of hydrogen-bond acceptors (Lipinski definition) is 4. The summed E-state index contributed by atoms with van der Waals surface area (Å²) in [6, 6.07) is 15.1. The van der Waals surface area contributed by atoms with Gasteiger partial charge in [0, 0.05) is 11.8 Å². The summed E-state index contributed by atoms with van der Waals surface area (Å²) in [7, 11) is 3.18. The molecule has 108 valence electrons. The van der Waals surface area contributed by atoms with Gasteiger partial charge < -0.3 is 14.8 Å². The van der Waals surface area contributed by atoms with Crippen LogP contribution in [-0.2, 0) is 0 Å². The van der Waals surface area contributed by atoms with Crippen molar-refractivity contribution >= 4 is 5.69 Å². The van der Waals surface area contributed by atoms with Crippen molar-refractivity contribution < 1.29 is 9.47 Å². The van der Waals surface area contributed by atoms with Gasteiger partial charge in [0.15, 0.2) is 0 Å². The Morgan fingerprint density at radius 2 is 1.67 bits per heavy atom. The molecule has 0 aromatic heterocycles. The van der Waals surface area contributed by atoms with Crippen molar-refractivity contribution in [2.45, 2.75) is 13.0 Å². The molecule has 21 heavy (non-hydrogen) atoms. The largest absolute Gasteiger partial charge is 0.497 e. The molecule has 4 nitrogen and oxygen atoms in total. The van der Waals surface area contributed by atoms with Crippen LogP contribution >= 0.6 is 0 Å². The van der Waals surface area contributed by atoms with Gasteiger partial charge in [-0.05, 0) is 36.2 Å². The van der Waals surface area contributed by atoms with E-state index in [4.69, 9.17) is 9.47 Å². The second-order valence-corrected chi connectivity index (χ2v) is 4.67. The zero-order chi connectivity index (χ0) is 15.2. The SMILES string of the molecule is COc1cc(OC)cc(C(C#N)Nc2ccccc2C)c1. The number of rotatable bonds is 5. The maximum Gasteiger partial charge on any atom is 0.140 e. The van der Waals surface area contributed by atoms with Gasteiger partial charge in [0.25, 0.3) is 0 Å². The number of aryl methyl sites for hydroxylation is 1. The Kier molecular flexibility index (Phi) is 4.68. The third-order valence-electron chi connectivity index (χ3n) is 3.28. The molecule has 0 radical (unpaired) electrons. The number of benzene rings is 2. The molecule has 0 spiro atoms. The summed E-state index contributed by atoms with van der Waals surface area (Å²) in [6.45, 7) is 2.00. The van der Waals surface area contributed by atoms with Gasteiger partial charge in [0.05, 0.1) is 20.3 Å². The Hall–Kier alpha value is -2.67. The van der Waals surface area contributed by atoms with E-state index >= 15 is 0 Å². The van der Waals surface area contributed by atoms with E-state index in [0.29, 0.717) is 11.5 Å². The van der Waals surface area contributed by atoms with Gasteiger partial charge in [0.2, 0.25) is 0 Å². The summed E-state index contributed by atoms with van der Waals surface area (Å²) in [6.07, 6.45) is 0. The highest BCUT2D eigenvalue weighted by Gasteiger charge is 2.14. The lowest BCUT2D eigenvalue weighted by Gasteiger charge is -2.17. The normalized spacial score (nSPS) is 11.3. The first-order chi connectivity index (χ1) is 10.2. The minimum Gasteiger partial charge on any atom is -0.497 e. The zero-order valence-electron chi connectivity index (χ0n) is 12.4. The summed E-state index contributed by atoms with van der Waals surface area (Å²) in [5.41, 5.74) is 2.83. The van der Waals surface area contributed by atoms with Crippen molar-refractivity contribution in [3.05, 3.63) is 53.6 Å². The summed E-state index contributed by atoms with van der Waals surface area (Å²) in [5.74, 6) is 1.33. The number of nitrogens with one attached hydrogen (secondary N) is 1. The monoisotopic (exact) mass is 282 g/mol. The predicted octanol–water partition coefficient (Wildman–Crippen LogP) is 3.69. The van der Waals surface area contributed by atoms with Crippen LogP contribution in [0.5, 0.6) is 11.5 Å². The average Bonchev–Trinajstić information content (AvgIpc) is 2.53. The number of hydrogen-bond donors (Lipinski definition) is 1. The van der Waals surface area contributed by atoms with Crippen molar-refractivity contribution in [3.63, 3.8) is 0 Å². The Morgan fingerprint density at radius 1 is 1.05 bits per heavy atom. The van der Waals surface area contributed by atoms with Crippen molar-refractivity contribution in [3.8, 4) is 17.6 Å². The molecule has 0 aliphatic rings. The van der Waals surface area contributed by atoms with Crippen LogP contribution in [0.4, 0.5) is 5.69 Å². The standard InChI is InChI=1S/C17H18N2O2/c1-12-6-4-5-7-16(12)19-17(11-18)13-8-14(20-2)10-15(9-13)21-3/h4-10,17,19H,1-3H3. The lowest BCUT2D eigenvalue weighted by molar-refractivity contribution is 0.393. The Labute approximate surface area is 124 Å². The predicted molar refractivity (Wildman–Crippen MR) is 82.7 cm³/mol. The molecule has 1 N–H and O–H groups in total. The Bertz CT molecular complexity index is 640. The Morgan fingerprint density at radius 3 is 2.19 bits per heavy atom. The topological polar surface area (TPSA) is 54.3 Å². The van der Waals surface area contributed by atoms with Crippen LogP contribution in [0.25, 0.3) is 0 Å². The molecular formula is C17H18N2O2. The maximum absolute atomic E-state index is 9.46. The molecule has 0 aliphatic carbocycles. The third-order valence-corrected chi connectivity index (χ3v) is 3.28. The van der Waals surface area contributed by atoms with E-state index in [-0.39, 0.29) is 0 Å². The van der Waals surface area contributed by atoms with Crippen LogP contribution in [-0.4, -0.2) is 14.2 Å². The number of methoxy groups -OCH3 is 2. The summed E-state index contributed by atoms with van der Waals surface area (Å²) in [5, 5.41) is 12.7. The molecule has 0 saturated carbocycles. The maximum atomic E-state index is 9.46. The Balaban J connectivity index is 2.34. The molecule has 4 heteroatoms. The molecule has 0 fully saturated rings. The van der Waals surface area contributed by atoms with E-state index in [1.165, 1.54) is 0 Å².